The fourth-order valence-corrected chi connectivity index (χ4v) is 1.19. The maximum absolute atomic E-state index is 11.5. The van der Waals surface area contributed by atoms with Gasteiger partial charge in [-0.15, -0.1) is 0 Å². The molecule has 0 aromatic carbocycles. The molecular formula is C10H17N3O3. The van der Waals surface area contributed by atoms with Crippen molar-refractivity contribution < 1.29 is 14.1 Å². The Morgan fingerprint density at radius 2 is 2.50 bits per heavy atom. The lowest BCUT2D eigenvalue weighted by Crippen LogP contribution is -2.40. The minimum atomic E-state index is -0.548. The number of aromatic nitrogens is 1. The van der Waals surface area contributed by atoms with Crippen LogP contribution in [0.5, 0.6) is 0 Å². The highest BCUT2D eigenvalue weighted by Gasteiger charge is 2.13. The second-order valence-electron chi connectivity index (χ2n) is 3.53. The normalized spacial score (nSPS) is 12.4. The van der Waals surface area contributed by atoms with Gasteiger partial charge in [0.1, 0.15) is 11.5 Å². The number of hydrogen-bond acceptors (Lipinski definition) is 5. The molecule has 1 amide bonds. The van der Waals surface area contributed by atoms with Gasteiger partial charge in [-0.2, -0.15) is 0 Å². The number of aryl methyl sites for hydroxylation is 1. The van der Waals surface area contributed by atoms with Crippen molar-refractivity contribution in [1.82, 2.24) is 10.5 Å². The number of ether oxygens (including phenoxy) is 1. The Morgan fingerprint density at radius 3 is 3.06 bits per heavy atom. The lowest BCUT2D eigenvalue weighted by molar-refractivity contribution is -0.122. The van der Waals surface area contributed by atoms with Crippen molar-refractivity contribution in [3.8, 4) is 0 Å². The molecule has 1 atom stereocenters. The number of carbonyl (C=O) groups is 1. The molecule has 90 valence electrons. The van der Waals surface area contributed by atoms with Crippen LogP contribution in [0.1, 0.15) is 17.9 Å². The first kappa shape index (κ1) is 12.7. The van der Waals surface area contributed by atoms with Crippen LogP contribution in [0.15, 0.2) is 10.6 Å². The molecule has 0 saturated carbocycles. The van der Waals surface area contributed by atoms with E-state index in [9.17, 15) is 4.79 Å². The van der Waals surface area contributed by atoms with E-state index in [1.54, 1.807) is 20.1 Å². The Morgan fingerprint density at radius 1 is 1.75 bits per heavy atom. The van der Waals surface area contributed by atoms with E-state index < -0.39 is 6.04 Å². The number of rotatable bonds is 6. The highest BCUT2D eigenvalue weighted by atomic mass is 16.5. The van der Waals surface area contributed by atoms with Crippen LogP contribution in [-0.2, 0) is 16.1 Å². The van der Waals surface area contributed by atoms with Gasteiger partial charge in [0, 0.05) is 19.8 Å². The number of methoxy groups -OCH3 is 1. The van der Waals surface area contributed by atoms with Crippen molar-refractivity contribution in [3.63, 3.8) is 0 Å². The van der Waals surface area contributed by atoms with Crippen LogP contribution >= 0.6 is 0 Å². The lowest BCUT2D eigenvalue weighted by atomic mass is 10.2. The van der Waals surface area contributed by atoms with E-state index in [2.05, 4.69) is 10.5 Å². The van der Waals surface area contributed by atoms with Crippen LogP contribution in [0.2, 0.25) is 0 Å². The molecule has 1 aromatic rings. The Labute approximate surface area is 94.1 Å². The largest absolute Gasteiger partial charge is 0.385 e. The molecule has 0 fully saturated rings. The van der Waals surface area contributed by atoms with Crippen molar-refractivity contribution in [2.24, 2.45) is 5.73 Å². The average Bonchev–Trinajstić information content (AvgIpc) is 2.68. The molecule has 0 aliphatic heterocycles. The van der Waals surface area contributed by atoms with Gasteiger partial charge in [-0.1, -0.05) is 5.16 Å². The molecule has 0 spiro atoms. The number of carbonyl (C=O) groups excluding carboxylic acids is 1. The van der Waals surface area contributed by atoms with E-state index in [1.165, 1.54) is 0 Å². The summed E-state index contributed by atoms with van der Waals surface area (Å²) in [7, 11) is 1.57. The SMILES string of the molecule is COCCC(N)C(=O)NCc1cc(C)on1. The maximum Gasteiger partial charge on any atom is 0.237 e. The van der Waals surface area contributed by atoms with E-state index in [4.69, 9.17) is 15.0 Å². The number of nitrogens with two attached hydrogens (primary N) is 1. The third-order valence-corrected chi connectivity index (χ3v) is 2.09. The van der Waals surface area contributed by atoms with Crippen LogP contribution in [0.3, 0.4) is 0 Å². The van der Waals surface area contributed by atoms with Crippen LogP contribution < -0.4 is 11.1 Å². The summed E-state index contributed by atoms with van der Waals surface area (Å²) in [6.07, 6.45) is 0.500. The van der Waals surface area contributed by atoms with Crippen molar-refractivity contribution in [3.05, 3.63) is 17.5 Å². The van der Waals surface area contributed by atoms with Crippen molar-refractivity contribution in [1.29, 1.82) is 0 Å². The van der Waals surface area contributed by atoms with Gasteiger partial charge in [-0.25, -0.2) is 0 Å². The van der Waals surface area contributed by atoms with E-state index in [-0.39, 0.29) is 5.91 Å². The van der Waals surface area contributed by atoms with Gasteiger partial charge in [0.2, 0.25) is 5.91 Å². The van der Waals surface area contributed by atoms with Gasteiger partial charge >= 0.3 is 0 Å². The van der Waals surface area contributed by atoms with E-state index in [0.29, 0.717) is 31.0 Å². The van der Waals surface area contributed by atoms with E-state index >= 15 is 0 Å². The van der Waals surface area contributed by atoms with E-state index in [1.807, 2.05) is 0 Å². The minimum absolute atomic E-state index is 0.210. The number of nitrogens with zero attached hydrogens (tertiary/aromatic N) is 1. The first-order valence-corrected chi connectivity index (χ1v) is 5.08. The molecule has 6 nitrogen and oxygen atoms in total. The Balaban J connectivity index is 2.29. The standard InChI is InChI=1S/C10H17N3O3/c1-7-5-8(13-16-7)6-12-10(14)9(11)3-4-15-2/h5,9H,3-4,6,11H2,1-2H3,(H,12,14). The summed E-state index contributed by atoms with van der Waals surface area (Å²) >= 11 is 0. The molecule has 1 heterocycles. The Hall–Kier alpha value is -1.40. The molecule has 0 aliphatic rings. The molecule has 0 radical (unpaired) electrons. The Bertz CT molecular complexity index is 338. The second-order valence-corrected chi connectivity index (χ2v) is 3.53. The lowest BCUT2D eigenvalue weighted by Gasteiger charge is -2.10. The molecular weight excluding hydrogens is 210 g/mol. The highest BCUT2D eigenvalue weighted by molar-refractivity contribution is 5.81. The molecule has 0 aliphatic carbocycles. The van der Waals surface area contributed by atoms with Crippen molar-refractivity contribution in [2.75, 3.05) is 13.7 Å². The number of hydrogen-bond donors (Lipinski definition) is 2. The fourth-order valence-electron chi connectivity index (χ4n) is 1.19. The molecule has 1 rings (SSSR count). The van der Waals surface area contributed by atoms with Gasteiger partial charge in [0.25, 0.3) is 0 Å². The smallest absolute Gasteiger partial charge is 0.237 e. The summed E-state index contributed by atoms with van der Waals surface area (Å²) in [5.74, 6) is 0.505. The van der Waals surface area contributed by atoms with Crippen molar-refractivity contribution >= 4 is 5.91 Å². The van der Waals surface area contributed by atoms with E-state index in [0.717, 1.165) is 0 Å². The van der Waals surface area contributed by atoms with Gasteiger partial charge in [-0.3, -0.25) is 4.79 Å². The summed E-state index contributed by atoms with van der Waals surface area (Å²) in [5, 5.41) is 6.43. The molecule has 6 heteroatoms. The third kappa shape index (κ3) is 4.00. The Kier molecular flexibility index (Phi) is 4.94. The second kappa shape index (κ2) is 6.24. The molecule has 0 bridgehead atoms. The average molecular weight is 227 g/mol. The minimum Gasteiger partial charge on any atom is -0.385 e. The summed E-state index contributed by atoms with van der Waals surface area (Å²) in [6, 6.07) is 1.22. The molecule has 3 N–H and O–H groups in total. The molecule has 16 heavy (non-hydrogen) atoms. The molecule has 0 saturated heterocycles. The van der Waals surface area contributed by atoms with Gasteiger partial charge in [-0.05, 0) is 13.3 Å². The van der Waals surface area contributed by atoms with Gasteiger partial charge < -0.3 is 20.3 Å². The van der Waals surface area contributed by atoms with Gasteiger partial charge in [0.15, 0.2) is 0 Å². The number of amides is 1. The molecule has 1 unspecified atom stereocenters. The zero-order chi connectivity index (χ0) is 12.0. The summed E-state index contributed by atoms with van der Waals surface area (Å²) in [4.78, 5) is 11.5. The number of nitrogens with one attached hydrogen (secondary N) is 1. The highest BCUT2D eigenvalue weighted by Crippen LogP contribution is 2.00. The van der Waals surface area contributed by atoms with Gasteiger partial charge in [0.05, 0.1) is 12.6 Å². The first-order chi connectivity index (χ1) is 7.63. The summed E-state index contributed by atoms with van der Waals surface area (Å²) in [5.41, 5.74) is 6.32. The predicted molar refractivity (Wildman–Crippen MR) is 57.6 cm³/mol. The third-order valence-electron chi connectivity index (χ3n) is 2.09. The predicted octanol–water partition coefficient (Wildman–Crippen LogP) is -0.0370. The van der Waals surface area contributed by atoms with Crippen LogP contribution in [0, 0.1) is 6.92 Å². The topological polar surface area (TPSA) is 90.4 Å². The molecule has 1 aromatic heterocycles. The first-order valence-electron chi connectivity index (χ1n) is 5.08. The fraction of sp³-hybridized carbons (Fsp3) is 0.600. The van der Waals surface area contributed by atoms with Crippen LogP contribution in [0.25, 0.3) is 0 Å². The summed E-state index contributed by atoms with van der Waals surface area (Å²) in [6.45, 7) is 2.59. The van der Waals surface area contributed by atoms with Crippen molar-refractivity contribution in [2.45, 2.75) is 25.9 Å². The van der Waals surface area contributed by atoms with Crippen LogP contribution in [-0.4, -0.2) is 30.8 Å². The summed E-state index contributed by atoms with van der Waals surface area (Å²) < 4.78 is 9.71. The zero-order valence-corrected chi connectivity index (χ0v) is 9.53. The zero-order valence-electron chi connectivity index (χ0n) is 9.53. The maximum atomic E-state index is 11.5. The quantitative estimate of drug-likeness (QED) is 0.711. The monoisotopic (exact) mass is 227 g/mol. The van der Waals surface area contributed by atoms with Crippen LogP contribution in [0.4, 0.5) is 0 Å².